The first-order valence-electron chi connectivity index (χ1n) is 11.2. The molecule has 0 aromatic heterocycles. The van der Waals surface area contributed by atoms with Crippen molar-refractivity contribution in [2.75, 3.05) is 6.61 Å². The summed E-state index contributed by atoms with van der Waals surface area (Å²) in [4.78, 5) is 36.5. The molecule has 2 N–H and O–H groups in total. The smallest absolute Gasteiger partial charge is 0.321 e. The van der Waals surface area contributed by atoms with Gasteiger partial charge in [0.25, 0.3) is 5.91 Å². The van der Waals surface area contributed by atoms with Gasteiger partial charge in [-0.05, 0) is 93.3 Å². The van der Waals surface area contributed by atoms with Crippen LogP contribution in [0.5, 0.6) is 0 Å². The van der Waals surface area contributed by atoms with Gasteiger partial charge in [-0.25, -0.2) is 4.79 Å². The van der Waals surface area contributed by atoms with Crippen LogP contribution in [0.3, 0.4) is 0 Å². The van der Waals surface area contributed by atoms with E-state index in [0.29, 0.717) is 18.3 Å². The monoisotopic (exact) mass is 388 g/mol. The van der Waals surface area contributed by atoms with Crippen molar-refractivity contribution in [3.05, 3.63) is 0 Å². The highest BCUT2D eigenvalue weighted by atomic mass is 16.5. The molecule has 6 aliphatic rings. The normalized spacial score (nSPS) is 42.4. The van der Waals surface area contributed by atoms with Gasteiger partial charge in [-0.15, -0.1) is 0 Å². The lowest BCUT2D eigenvalue weighted by Gasteiger charge is -2.56. The van der Waals surface area contributed by atoms with Crippen LogP contribution < -0.4 is 10.6 Å². The molecule has 3 amide bonds. The molecule has 6 heteroatoms. The Hall–Kier alpha value is -1.59. The van der Waals surface area contributed by atoms with Gasteiger partial charge in [0.1, 0.15) is 0 Å². The molecule has 0 aliphatic heterocycles. The van der Waals surface area contributed by atoms with E-state index in [4.69, 9.17) is 4.74 Å². The molecule has 6 bridgehead atoms. The molecule has 6 rings (SSSR count). The molecule has 3 atom stereocenters. The van der Waals surface area contributed by atoms with Crippen LogP contribution >= 0.6 is 0 Å². The predicted octanol–water partition coefficient (Wildman–Crippen LogP) is 3.15. The van der Waals surface area contributed by atoms with Gasteiger partial charge in [0.2, 0.25) is 0 Å². The Kier molecular flexibility index (Phi) is 4.63. The Morgan fingerprint density at radius 2 is 1.54 bits per heavy atom. The fraction of sp³-hybridized carbons (Fsp3) is 0.864. The zero-order valence-electron chi connectivity index (χ0n) is 16.6. The highest BCUT2D eigenvalue weighted by molar-refractivity contribution is 5.95. The fourth-order valence-corrected chi connectivity index (χ4v) is 7.74. The molecule has 154 valence electrons. The predicted molar refractivity (Wildman–Crippen MR) is 102 cm³/mol. The van der Waals surface area contributed by atoms with Gasteiger partial charge >= 0.3 is 12.0 Å². The summed E-state index contributed by atoms with van der Waals surface area (Å²) in [5, 5.41) is 5.47. The zero-order chi connectivity index (χ0) is 19.3. The SMILES string of the molecule is O=C(COC(=O)CC1CC2CCC1C2)NC(=O)NC12CC3CC(CC(C3)C1)C2. The third kappa shape index (κ3) is 3.67. The topological polar surface area (TPSA) is 84.5 Å². The minimum atomic E-state index is -0.538. The summed E-state index contributed by atoms with van der Waals surface area (Å²) in [5.74, 6) is 3.22. The Morgan fingerprint density at radius 1 is 0.857 bits per heavy atom. The van der Waals surface area contributed by atoms with Crippen molar-refractivity contribution >= 4 is 17.9 Å². The summed E-state index contributed by atoms with van der Waals surface area (Å²) in [6.07, 6.45) is 12.4. The molecule has 3 unspecified atom stereocenters. The summed E-state index contributed by atoms with van der Waals surface area (Å²) in [7, 11) is 0. The summed E-state index contributed by atoms with van der Waals surface area (Å²) in [5.41, 5.74) is -0.127. The second kappa shape index (κ2) is 7.03. The molecule has 0 spiro atoms. The van der Waals surface area contributed by atoms with Crippen molar-refractivity contribution in [1.29, 1.82) is 0 Å². The lowest BCUT2D eigenvalue weighted by molar-refractivity contribution is -0.149. The maximum absolute atomic E-state index is 12.4. The minimum absolute atomic E-state index is 0.127. The highest BCUT2D eigenvalue weighted by Gasteiger charge is 2.51. The summed E-state index contributed by atoms with van der Waals surface area (Å²) >= 11 is 0. The van der Waals surface area contributed by atoms with Crippen LogP contribution in [0.15, 0.2) is 0 Å². The third-order valence-electron chi connectivity index (χ3n) is 8.35. The van der Waals surface area contributed by atoms with Crippen molar-refractivity contribution in [3.8, 4) is 0 Å². The van der Waals surface area contributed by atoms with Crippen molar-refractivity contribution in [2.45, 2.75) is 76.2 Å². The van der Waals surface area contributed by atoms with Gasteiger partial charge in [0.15, 0.2) is 6.61 Å². The molecule has 0 heterocycles. The first-order chi connectivity index (χ1) is 13.5. The van der Waals surface area contributed by atoms with Crippen molar-refractivity contribution < 1.29 is 19.1 Å². The molecular weight excluding hydrogens is 356 g/mol. The number of hydrogen-bond acceptors (Lipinski definition) is 4. The number of rotatable bonds is 5. The number of carbonyl (C=O) groups excluding carboxylic acids is 3. The van der Waals surface area contributed by atoms with Crippen molar-refractivity contribution in [1.82, 2.24) is 10.6 Å². The van der Waals surface area contributed by atoms with E-state index in [1.165, 1.54) is 38.5 Å². The summed E-state index contributed by atoms with van der Waals surface area (Å²) in [6.45, 7) is -0.367. The third-order valence-corrected chi connectivity index (χ3v) is 8.35. The van der Waals surface area contributed by atoms with Gasteiger partial charge in [-0.1, -0.05) is 6.42 Å². The average Bonchev–Trinajstić information content (AvgIpc) is 3.21. The first-order valence-corrected chi connectivity index (χ1v) is 11.2. The van der Waals surface area contributed by atoms with Crippen LogP contribution in [0.25, 0.3) is 0 Å². The van der Waals surface area contributed by atoms with Crippen LogP contribution in [0.4, 0.5) is 4.79 Å². The maximum atomic E-state index is 12.4. The molecule has 0 saturated heterocycles. The van der Waals surface area contributed by atoms with Crippen LogP contribution in [-0.2, 0) is 14.3 Å². The van der Waals surface area contributed by atoms with Gasteiger partial charge in [0.05, 0.1) is 0 Å². The Morgan fingerprint density at radius 3 is 2.11 bits per heavy atom. The number of hydrogen-bond donors (Lipinski definition) is 2. The van der Waals surface area contributed by atoms with Crippen molar-refractivity contribution in [3.63, 3.8) is 0 Å². The summed E-state index contributed by atoms with van der Waals surface area (Å²) in [6, 6.07) is -0.434. The van der Waals surface area contributed by atoms with E-state index >= 15 is 0 Å². The van der Waals surface area contributed by atoms with E-state index in [1.807, 2.05) is 0 Å². The molecular formula is C22H32N2O4. The van der Waals surface area contributed by atoms with E-state index in [1.54, 1.807) is 0 Å². The van der Waals surface area contributed by atoms with Crippen molar-refractivity contribution in [2.24, 2.45) is 35.5 Å². The largest absolute Gasteiger partial charge is 0.456 e. The molecule has 0 aromatic carbocycles. The minimum Gasteiger partial charge on any atom is -0.456 e. The van der Waals surface area contributed by atoms with E-state index in [2.05, 4.69) is 10.6 Å². The fourth-order valence-electron chi connectivity index (χ4n) is 7.74. The number of amides is 3. The first kappa shape index (κ1) is 18.4. The van der Waals surface area contributed by atoms with E-state index < -0.39 is 11.9 Å². The summed E-state index contributed by atoms with van der Waals surface area (Å²) < 4.78 is 5.14. The lowest BCUT2D eigenvalue weighted by atomic mass is 9.53. The van der Waals surface area contributed by atoms with Gasteiger partial charge in [-0.3, -0.25) is 14.9 Å². The Balaban J connectivity index is 1.05. The standard InChI is InChI=1S/C22H32N2O4/c25-19(12-28-20(26)8-18-7-13-1-2-17(18)6-13)23-21(27)24-22-9-14-3-15(10-22)5-16(4-14)11-22/h13-18H,1-12H2,(H2,23,24,25,27). The number of ether oxygens (including phenoxy) is 1. The van der Waals surface area contributed by atoms with Crippen LogP contribution in [0.2, 0.25) is 0 Å². The van der Waals surface area contributed by atoms with E-state index in [9.17, 15) is 14.4 Å². The number of carbonyl (C=O) groups is 3. The van der Waals surface area contributed by atoms with Crippen LogP contribution in [-0.4, -0.2) is 30.1 Å². The lowest BCUT2D eigenvalue weighted by Crippen LogP contribution is -2.62. The molecule has 6 fully saturated rings. The quantitative estimate of drug-likeness (QED) is 0.709. The number of fused-ring (bicyclic) bond motifs is 2. The Labute approximate surface area is 166 Å². The molecule has 6 nitrogen and oxygen atoms in total. The Bertz CT molecular complexity index is 640. The van der Waals surface area contributed by atoms with Gasteiger partial charge in [0, 0.05) is 12.0 Å². The maximum Gasteiger partial charge on any atom is 0.321 e. The zero-order valence-corrected chi connectivity index (χ0v) is 16.6. The molecule has 6 aliphatic carbocycles. The molecule has 0 aromatic rings. The van der Waals surface area contributed by atoms with E-state index in [-0.39, 0.29) is 18.1 Å². The second-order valence-corrected chi connectivity index (χ2v) is 10.5. The highest BCUT2D eigenvalue weighted by Crippen LogP contribution is 2.55. The van der Waals surface area contributed by atoms with Gasteiger partial charge in [-0.2, -0.15) is 0 Å². The molecule has 6 saturated carbocycles. The van der Waals surface area contributed by atoms with Crippen LogP contribution in [0.1, 0.15) is 70.6 Å². The average molecular weight is 389 g/mol. The van der Waals surface area contributed by atoms with Crippen LogP contribution in [0, 0.1) is 35.5 Å². The molecule has 28 heavy (non-hydrogen) atoms. The number of urea groups is 1. The molecule has 0 radical (unpaired) electrons. The number of imide groups is 1. The van der Waals surface area contributed by atoms with Gasteiger partial charge < -0.3 is 10.1 Å². The number of nitrogens with one attached hydrogen (secondary N) is 2. The van der Waals surface area contributed by atoms with E-state index in [0.717, 1.165) is 49.4 Å². The number of esters is 1. The second-order valence-electron chi connectivity index (χ2n) is 10.5.